The smallest absolute Gasteiger partial charge is 0.210 e. The maximum absolute atomic E-state index is 5.83. The predicted molar refractivity (Wildman–Crippen MR) is 61.2 cm³/mol. The number of benzene rings is 1. The molecular formula is C10H8N4S. The van der Waals surface area contributed by atoms with Gasteiger partial charge in [-0.25, -0.2) is 9.67 Å². The summed E-state index contributed by atoms with van der Waals surface area (Å²) < 4.78 is 1.77. The highest BCUT2D eigenvalue weighted by Crippen LogP contribution is 2.23. The normalized spacial score (nSPS) is 10.9. The Kier molecular flexibility index (Phi) is 1.72. The van der Waals surface area contributed by atoms with Gasteiger partial charge in [-0.15, -0.1) is 16.4 Å². The summed E-state index contributed by atoms with van der Waals surface area (Å²) in [6.07, 6.45) is 1.76. The van der Waals surface area contributed by atoms with E-state index in [-0.39, 0.29) is 0 Å². The average Bonchev–Trinajstić information content (AvgIpc) is 2.87. The van der Waals surface area contributed by atoms with Gasteiger partial charge in [0.05, 0.1) is 5.52 Å². The lowest BCUT2D eigenvalue weighted by Gasteiger charge is -1.95. The van der Waals surface area contributed by atoms with Crippen molar-refractivity contribution < 1.29 is 0 Å². The first-order valence-electron chi connectivity index (χ1n) is 4.49. The molecule has 0 amide bonds. The molecule has 2 N–H and O–H groups in total. The molecule has 0 bridgehead atoms. The van der Waals surface area contributed by atoms with Crippen LogP contribution >= 0.6 is 11.3 Å². The molecule has 2 aromatic heterocycles. The Labute approximate surface area is 90.0 Å². The Morgan fingerprint density at radius 3 is 2.93 bits per heavy atom. The highest BCUT2D eigenvalue weighted by molar-refractivity contribution is 7.12. The number of rotatable bonds is 1. The van der Waals surface area contributed by atoms with E-state index in [9.17, 15) is 0 Å². The van der Waals surface area contributed by atoms with E-state index in [4.69, 9.17) is 5.73 Å². The number of nitrogens with two attached hydrogens (primary N) is 1. The van der Waals surface area contributed by atoms with E-state index >= 15 is 0 Å². The van der Waals surface area contributed by atoms with Crippen molar-refractivity contribution in [2.75, 3.05) is 5.73 Å². The maximum atomic E-state index is 5.83. The molecule has 1 aromatic carbocycles. The number of para-hydroxylation sites is 1. The van der Waals surface area contributed by atoms with Crippen molar-refractivity contribution in [1.29, 1.82) is 0 Å². The molecule has 0 saturated carbocycles. The van der Waals surface area contributed by atoms with Crippen LogP contribution < -0.4 is 5.73 Å². The van der Waals surface area contributed by atoms with Crippen LogP contribution in [0, 0.1) is 0 Å². The van der Waals surface area contributed by atoms with Crippen molar-refractivity contribution in [2.24, 2.45) is 0 Å². The van der Waals surface area contributed by atoms with E-state index in [0.29, 0.717) is 5.82 Å². The van der Waals surface area contributed by atoms with Crippen molar-refractivity contribution in [3.8, 4) is 5.13 Å². The average molecular weight is 216 g/mol. The molecule has 0 radical (unpaired) electrons. The number of fused-ring (bicyclic) bond motifs is 1. The fourth-order valence-corrected chi connectivity index (χ4v) is 2.16. The molecule has 0 unspecified atom stereocenters. The third-order valence-electron chi connectivity index (χ3n) is 2.22. The second-order valence-electron chi connectivity index (χ2n) is 3.13. The quantitative estimate of drug-likeness (QED) is 0.677. The monoisotopic (exact) mass is 216 g/mol. The number of aromatic nitrogens is 3. The van der Waals surface area contributed by atoms with E-state index < -0.39 is 0 Å². The van der Waals surface area contributed by atoms with E-state index in [1.807, 2.05) is 29.6 Å². The number of thiazole rings is 1. The minimum Gasteiger partial charge on any atom is -0.382 e. The third-order valence-corrected chi connectivity index (χ3v) is 2.96. The molecule has 74 valence electrons. The summed E-state index contributed by atoms with van der Waals surface area (Å²) in [5.74, 6) is 0.542. The van der Waals surface area contributed by atoms with Crippen molar-refractivity contribution >= 4 is 28.1 Å². The van der Waals surface area contributed by atoms with Crippen LogP contribution in [0.4, 0.5) is 5.82 Å². The molecule has 15 heavy (non-hydrogen) atoms. The van der Waals surface area contributed by atoms with Gasteiger partial charge in [-0.2, -0.15) is 0 Å². The van der Waals surface area contributed by atoms with Crippen molar-refractivity contribution in [3.05, 3.63) is 35.8 Å². The molecule has 0 fully saturated rings. The fourth-order valence-electron chi connectivity index (χ4n) is 1.56. The number of hydrogen-bond donors (Lipinski definition) is 1. The minimum atomic E-state index is 0.542. The molecule has 0 saturated heterocycles. The first-order chi connectivity index (χ1) is 7.36. The Morgan fingerprint density at radius 1 is 1.27 bits per heavy atom. The van der Waals surface area contributed by atoms with Gasteiger partial charge in [0.1, 0.15) is 0 Å². The van der Waals surface area contributed by atoms with Crippen LogP contribution in [0.1, 0.15) is 0 Å². The minimum absolute atomic E-state index is 0.542. The molecule has 0 aliphatic rings. The van der Waals surface area contributed by atoms with Crippen LogP contribution in [0.25, 0.3) is 16.0 Å². The fraction of sp³-hybridized carbons (Fsp3) is 0. The Hall–Kier alpha value is -1.88. The molecule has 3 aromatic rings. The Morgan fingerprint density at radius 2 is 2.13 bits per heavy atom. The first-order valence-corrected chi connectivity index (χ1v) is 5.37. The molecule has 0 atom stereocenters. The highest BCUT2D eigenvalue weighted by atomic mass is 32.1. The zero-order valence-corrected chi connectivity index (χ0v) is 8.61. The van der Waals surface area contributed by atoms with Crippen molar-refractivity contribution in [1.82, 2.24) is 14.8 Å². The van der Waals surface area contributed by atoms with E-state index in [1.54, 1.807) is 10.9 Å². The maximum Gasteiger partial charge on any atom is 0.210 e. The number of hydrogen-bond acceptors (Lipinski definition) is 4. The summed E-state index contributed by atoms with van der Waals surface area (Å²) in [4.78, 5) is 4.21. The van der Waals surface area contributed by atoms with Gasteiger partial charge in [-0.05, 0) is 12.1 Å². The molecular weight excluding hydrogens is 208 g/mol. The summed E-state index contributed by atoms with van der Waals surface area (Å²) in [6, 6.07) is 7.86. The third kappa shape index (κ3) is 1.20. The summed E-state index contributed by atoms with van der Waals surface area (Å²) in [6.45, 7) is 0. The van der Waals surface area contributed by atoms with Gasteiger partial charge in [0, 0.05) is 17.0 Å². The summed E-state index contributed by atoms with van der Waals surface area (Å²) in [5.41, 5.74) is 6.82. The van der Waals surface area contributed by atoms with Gasteiger partial charge in [-0.1, -0.05) is 12.1 Å². The SMILES string of the molecule is Nc1nn(-c2nccs2)c2ccccc12. The molecule has 4 nitrogen and oxygen atoms in total. The van der Waals surface area contributed by atoms with E-state index in [0.717, 1.165) is 16.0 Å². The Balaban J connectivity index is 2.37. The summed E-state index contributed by atoms with van der Waals surface area (Å²) >= 11 is 1.54. The van der Waals surface area contributed by atoms with Crippen molar-refractivity contribution in [3.63, 3.8) is 0 Å². The molecule has 0 spiro atoms. The second-order valence-corrected chi connectivity index (χ2v) is 4.00. The molecule has 5 heteroatoms. The van der Waals surface area contributed by atoms with Crippen LogP contribution in [-0.4, -0.2) is 14.8 Å². The van der Waals surface area contributed by atoms with E-state index in [1.165, 1.54) is 11.3 Å². The largest absolute Gasteiger partial charge is 0.382 e. The lowest BCUT2D eigenvalue weighted by atomic mass is 10.2. The van der Waals surface area contributed by atoms with E-state index in [2.05, 4.69) is 10.1 Å². The topological polar surface area (TPSA) is 56.7 Å². The van der Waals surface area contributed by atoms with Crippen LogP contribution in [0.15, 0.2) is 35.8 Å². The summed E-state index contributed by atoms with van der Waals surface area (Å²) in [7, 11) is 0. The number of nitrogens with zero attached hydrogens (tertiary/aromatic N) is 3. The lowest BCUT2D eigenvalue weighted by Crippen LogP contribution is -1.95. The van der Waals surface area contributed by atoms with Crippen LogP contribution in [0.2, 0.25) is 0 Å². The van der Waals surface area contributed by atoms with Gasteiger partial charge in [0.2, 0.25) is 5.13 Å². The van der Waals surface area contributed by atoms with Gasteiger partial charge in [0.15, 0.2) is 5.82 Å². The highest BCUT2D eigenvalue weighted by Gasteiger charge is 2.09. The van der Waals surface area contributed by atoms with Crippen molar-refractivity contribution in [2.45, 2.75) is 0 Å². The van der Waals surface area contributed by atoms with Crippen LogP contribution in [0.3, 0.4) is 0 Å². The van der Waals surface area contributed by atoms with Crippen LogP contribution in [0.5, 0.6) is 0 Å². The summed E-state index contributed by atoms with van der Waals surface area (Å²) in [5, 5.41) is 7.99. The van der Waals surface area contributed by atoms with Crippen LogP contribution in [-0.2, 0) is 0 Å². The van der Waals surface area contributed by atoms with Gasteiger partial charge < -0.3 is 5.73 Å². The second kappa shape index (κ2) is 3.06. The van der Waals surface area contributed by atoms with Gasteiger partial charge in [-0.3, -0.25) is 0 Å². The zero-order valence-electron chi connectivity index (χ0n) is 7.79. The lowest BCUT2D eigenvalue weighted by molar-refractivity contribution is 0.904. The Bertz CT molecular complexity index is 597. The number of nitrogen functional groups attached to an aromatic ring is 1. The standard InChI is InChI=1S/C10H8N4S/c11-9-7-3-1-2-4-8(7)14(13-9)10-12-5-6-15-10/h1-6H,(H2,11,13). The zero-order chi connectivity index (χ0) is 10.3. The first kappa shape index (κ1) is 8.43. The molecule has 3 rings (SSSR count). The van der Waals surface area contributed by atoms with Gasteiger partial charge >= 0.3 is 0 Å². The number of anilines is 1. The predicted octanol–water partition coefficient (Wildman–Crippen LogP) is 2.06. The van der Waals surface area contributed by atoms with Gasteiger partial charge in [0.25, 0.3) is 0 Å². The molecule has 0 aliphatic heterocycles. The molecule has 0 aliphatic carbocycles. The molecule has 2 heterocycles.